The summed E-state index contributed by atoms with van der Waals surface area (Å²) in [5.41, 5.74) is -1.15. The summed E-state index contributed by atoms with van der Waals surface area (Å²) in [7, 11) is 0. The lowest BCUT2D eigenvalue weighted by molar-refractivity contribution is -0.187. The summed E-state index contributed by atoms with van der Waals surface area (Å²) >= 11 is 0. The Balaban J connectivity index is 1.54. The van der Waals surface area contributed by atoms with E-state index in [1.807, 2.05) is 12.1 Å². The fourth-order valence-corrected chi connectivity index (χ4v) is 3.78. The largest absolute Gasteiger partial charge is 0.429 e. The molecule has 0 saturated carbocycles. The van der Waals surface area contributed by atoms with Crippen molar-refractivity contribution in [2.45, 2.75) is 19.0 Å². The number of allylic oxidation sites excluding steroid dienone is 1. The number of aryl methyl sites for hydroxylation is 1. The minimum Gasteiger partial charge on any atom is -0.429 e. The van der Waals surface area contributed by atoms with Crippen LogP contribution in [0.15, 0.2) is 79.4 Å². The topological polar surface area (TPSA) is 9.23 Å². The second-order valence-electron chi connectivity index (χ2n) is 8.60. The van der Waals surface area contributed by atoms with Crippen molar-refractivity contribution in [1.29, 1.82) is 0 Å². The maximum atomic E-state index is 14.8. The summed E-state index contributed by atoms with van der Waals surface area (Å²) < 4.78 is 118. The number of rotatable bonds is 7. The highest BCUT2D eigenvalue weighted by Gasteiger charge is 2.38. The standard InChI is InChI=1S/C31H18F8O/c1-2-3-4-18-5-7-19(8-6-18)9-10-20-11-12-23(24(32)13-20)31(38,39)40-22-16-25(33)29(26(34)17-22)21-14-27(35)30(37)28(36)15-21/h2,5-8,11-17H,1,3-4H2. The Labute approximate surface area is 224 Å². The van der Waals surface area contributed by atoms with Gasteiger partial charge in [-0.3, -0.25) is 0 Å². The molecule has 0 aliphatic heterocycles. The molecule has 9 heteroatoms. The van der Waals surface area contributed by atoms with Crippen LogP contribution in [0.2, 0.25) is 0 Å². The van der Waals surface area contributed by atoms with Gasteiger partial charge in [-0.15, -0.1) is 6.58 Å². The fourth-order valence-electron chi connectivity index (χ4n) is 3.78. The van der Waals surface area contributed by atoms with Crippen molar-refractivity contribution < 1.29 is 39.9 Å². The van der Waals surface area contributed by atoms with Gasteiger partial charge in [-0.25, -0.2) is 26.3 Å². The lowest BCUT2D eigenvalue weighted by Gasteiger charge is -2.19. The SMILES string of the molecule is C=CCCc1ccc(C#Cc2ccc(C(F)(F)Oc3cc(F)c(-c4cc(F)c(F)c(F)c4)c(F)c3)c(F)c2)cc1. The molecule has 0 radical (unpaired) electrons. The first-order valence-corrected chi connectivity index (χ1v) is 11.7. The molecule has 4 aromatic carbocycles. The highest BCUT2D eigenvalue weighted by Crippen LogP contribution is 2.37. The molecule has 0 spiro atoms. The van der Waals surface area contributed by atoms with Crippen LogP contribution in [0.5, 0.6) is 5.75 Å². The Morgan fingerprint density at radius 1 is 0.700 bits per heavy atom. The maximum Gasteiger partial charge on any atom is 0.429 e. The van der Waals surface area contributed by atoms with Crippen LogP contribution >= 0.6 is 0 Å². The first-order valence-electron chi connectivity index (χ1n) is 11.7. The molecule has 40 heavy (non-hydrogen) atoms. The Morgan fingerprint density at radius 2 is 1.27 bits per heavy atom. The van der Waals surface area contributed by atoms with Crippen LogP contribution in [0, 0.1) is 46.7 Å². The predicted octanol–water partition coefficient (Wildman–Crippen LogP) is 8.83. The van der Waals surface area contributed by atoms with Crippen LogP contribution in [0.25, 0.3) is 11.1 Å². The van der Waals surface area contributed by atoms with E-state index in [1.165, 1.54) is 0 Å². The van der Waals surface area contributed by atoms with E-state index in [2.05, 4.69) is 23.2 Å². The van der Waals surface area contributed by atoms with E-state index >= 15 is 0 Å². The smallest absolute Gasteiger partial charge is 0.429 e. The van der Waals surface area contributed by atoms with Gasteiger partial charge < -0.3 is 4.74 Å². The van der Waals surface area contributed by atoms with Gasteiger partial charge in [0.1, 0.15) is 28.8 Å². The van der Waals surface area contributed by atoms with Gasteiger partial charge in [0.25, 0.3) is 0 Å². The Bertz CT molecular complexity index is 1590. The summed E-state index contributed by atoms with van der Waals surface area (Å²) in [5, 5.41) is 0. The van der Waals surface area contributed by atoms with Crippen molar-refractivity contribution in [3.05, 3.63) is 137 Å². The fraction of sp³-hybridized carbons (Fsp3) is 0.0968. The number of hydrogen-bond donors (Lipinski definition) is 0. The molecule has 0 amide bonds. The van der Waals surface area contributed by atoms with Crippen molar-refractivity contribution in [3.8, 4) is 28.7 Å². The van der Waals surface area contributed by atoms with E-state index in [1.54, 1.807) is 18.2 Å². The van der Waals surface area contributed by atoms with Crippen molar-refractivity contribution in [3.63, 3.8) is 0 Å². The first-order chi connectivity index (χ1) is 19.0. The van der Waals surface area contributed by atoms with Crippen molar-refractivity contribution >= 4 is 0 Å². The van der Waals surface area contributed by atoms with E-state index in [-0.39, 0.29) is 5.56 Å². The molecule has 0 bridgehead atoms. The lowest BCUT2D eigenvalue weighted by atomic mass is 10.0. The van der Waals surface area contributed by atoms with Gasteiger partial charge in [-0.05, 0) is 66.4 Å². The van der Waals surface area contributed by atoms with Gasteiger partial charge in [-0.2, -0.15) is 8.78 Å². The zero-order chi connectivity index (χ0) is 29.0. The van der Waals surface area contributed by atoms with E-state index < -0.39 is 63.5 Å². The van der Waals surface area contributed by atoms with E-state index in [0.717, 1.165) is 36.6 Å². The average Bonchev–Trinajstić information content (AvgIpc) is 2.89. The second-order valence-corrected chi connectivity index (χ2v) is 8.60. The Morgan fingerprint density at radius 3 is 1.85 bits per heavy atom. The monoisotopic (exact) mass is 558 g/mol. The maximum absolute atomic E-state index is 14.8. The van der Waals surface area contributed by atoms with Gasteiger partial charge >= 0.3 is 6.11 Å². The number of halogens is 8. The third kappa shape index (κ3) is 6.34. The summed E-state index contributed by atoms with van der Waals surface area (Å²) in [6.45, 7) is 3.66. The molecule has 0 heterocycles. The molecule has 0 N–H and O–H groups in total. The van der Waals surface area contributed by atoms with Crippen LogP contribution < -0.4 is 4.74 Å². The van der Waals surface area contributed by atoms with Crippen LogP contribution in [-0.2, 0) is 12.5 Å². The minimum absolute atomic E-state index is 0.0907. The molecule has 0 saturated heterocycles. The zero-order valence-electron chi connectivity index (χ0n) is 20.5. The quantitative estimate of drug-likeness (QED) is 0.0953. The van der Waals surface area contributed by atoms with Gasteiger partial charge in [-0.1, -0.05) is 30.0 Å². The molecule has 0 fully saturated rings. The molecule has 4 aromatic rings. The van der Waals surface area contributed by atoms with E-state index in [9.17, 15) is 35.1 Å². The second kappa shape index (κ2) is 11.7. The predicted molar refractivity (Wildman–Crippen MR) is 134 cm³/mol. The average molecular weight is 558 g/mol. The molecule has 204 valence electrons. The molecule has 0 aliphatic rings. The number of ether oxygens (including phenoxy) is 1. The molecule has 0 atom stereocenters. The number of benzene rings is 4. The van der Waals surface area contributed by atoms with Gasteiger partial charge in [0, 0.05) is 23.3 Å². The van der Waals surface area contributed by atoms with Crippen molar-refractivity contribution in [2.24, 2.45) is 0 Å². The molecule has 0 aliphatic carbocycles. The molecule has 0 aromatic heterocycles. The summed E-state index contributed by atoms with van der Waals surface area (Å²) in [4.78, 5) is 0. The Kier molecular flexibility index (Phi) is 8.29. The lowest BCUT2D eigenvalue weighted by Crippen LogP contribution is -2.23. The van der Waals surface area contributed by atoms with Crippen LogP contribution in [0.1, 0.15) is 28.7 Å². The molecule has 1 nitrogen and oxygen atoms in total. The summed E-state index contributed by atoms with van der Waals surface area (Å²) in [6.07, 6.45) is -0.933. The van der Waals surface area contributed by atoms with E-state index in [0.29, 0.717) is 29.8 Å². The molecular formula is C31H18F8O. The first kappa shape index (κ1) is 28.4. The molecule has 0 unspecified atom stereocenters. The highest BCUT2D eigenvalue weighted by molar-refractivity contribution is 5.66. The minimum atomic E-state index is -4.37. The van der Waals surface area contributed by atoms with Crippen molar-refractivity contribution in [2.75, 3.05) is 0 Å². The highest BCUT2D eigenvalue weighted by atomic mass is 19.3. The van der Waals surface area contributed by atoms with Gasteiger partial charge in [0.2, 0.25) is 0 Å². The van der Waals surface area contributed by atoms with Gasteiger partial charge in [0.05, 0.1) is 5.56 Å². The van der Waals surface area contributed by atoms with Crippen LogP contribution in [0.4, 0.5) is 35.1 Å². The molecular weight excluding hydrogens is 540 g/mol. The number of hydrogen-bond acceptors (Lipinski definition) is 1. The Hall–Kier alpha value is -4.58. The van der Waals surface area contributed by atoms with Crippen LogP contribution in [0.3, 0.4) is 0 Å². The van der Waals surface area contributed by atoms with Gasteiger partial charge in [0.15, 0.2) is 17.5 Å². The molecule has 4 rings (SSSR count). The third-order valence-corrected chi connectivity index (χ3v) is 5.76. The van der Waals surface area contributed by atoms with Crippen molar-refractivity contribution in [1.82, 2.24) is 0 Å². The summed E-state index contributed by atoms with van der Waals surface area (Å²) in [6, 6.07) is 11.2. The third-order valence-electron chi connectivity index (χ3n) is 5.76. The number of alkyl halides is 2. The normalized spacial score (nSPS) is 11.1. The summed E-state index contributed by atoms with van der Waals surface area (Å²) in [5.74, 6) is -5.27. The zero-order valence-corrected chi connectivity index (χ0v) is 20.5. The van der Waals surface area contributed by atoms with E-state index in [4.69, 9.17) is 0 Å². The van der Waals surface area contributed by atoms with Crippen LogP contribution in [-0.4, -0.2) is 0 Å².